The second-order valence-electron chi connectivity index (χ2n) is 6.15. The van der Waals surface area contributed by atoms with Crippen LogP contribution in [0.5, 0.6) is 5.75 Å². The maximum atomic E-state index is 12.7. The van der Waals surface area contributed by atoms with E-state index in [0.717, 1.165) is 42.0 Å². The molecule has 2 aromatic rings. The molecule has 0 saturated heterocycles. The van der Waals surface area contributed by atoms with Gasteiger partial charge in [0.25, 0.3) is 0 Å². The summed E-state index contributed by atoms with van der Waals surface area (Å²) in [6, 6.07) is 9.97. The Labute approximate surface area is 136 Å². The van der Waals surface area contributed by atoms with Crippen molar-refractivity contribution >= 4 is 5.91 Å². The Morgan fingerprint density at radius 1 is 1.43 bits per heavy atom. The van der Waals surface area contributed by atoms with Crippen molar-refractivity contribution in [2.24, 2.45) is 5.92 Å². The highest BCUT2D eigenvalue weighted by Crippen LogP contribution is 2.27. The van der Waals surface area contributed by atoms with Crippen LogP contribution in [0, 0.1) is 5.92 Å². The number of rotatable bonds is 5. The molecule has 1 aliphatic rings. The summed E-state index contributed by atoms with van der Waals surface area (Å²) in [5.41, 5.74) is 3.14. The van der Waals surface area contributed by atoms with Crippen molar-refractivity contribution in [2.75, 3.05) is 13.7 Å². The summed E-state index contributed by atoms with van der Waals surface area (Å²) in [7, 11) is 1.84. The van der Waals surface area contributed by atoms with Gasteiger partial charge >= 0.3 is 0 Å². The Kier molecular flexibility index (Phi) is 4.65. The number of H-pyrrole nitrogens is 1. The highest BCUT2D eigenvalue weighted by molar-refractivity contribution is 5.79. The number of aromatic nitrogens is 2. The van der Waals surface area contributed by atoms with Crippen molar-refractivity contribution < 1.29 is 9.53 Å². The van der Waals surface area contributed by atoms with Crippen LogP contribution < -0.4 is 4.74 Å². The zero-order chi connectivity index (χ0) is 16.2. The zero-order valence-corrected chi connectivity index (χ0v) is 13.7. The molecule has 0 spiro atoms. The number of hydrogen-bond donors (Lipinski definition) is 1. The van der Waals surface area contributed by atoms with E-state index in [0.29, 0.717) is 13.2 Å². The van der Waals surface area contributed by atoms with Crippen LogP contribution in [0.4, 0.5) is 0 Å². The SMILES string of the molecule is CCCc1cc(CN(C)C(=O)[C@@H]2COc3ccccc3C2)[nH]n1. The molecule has 1 amide bonds. The number of carbonyl (C=O) groups is 1. The quantitative estimate of drug-likeness (QED) is 0.923. The lowest BCUT2D eigenvalue weighted by atomic mass is 9.95. The minimum Gasteiger partial charge on any atom is -0.492 e. The third kappa shape index (κ3) is 3.55. The van der Waals surface area contributed by atoms with Gasteiger partial charge in [0.15, 0.2) is 0 Å². The van der Waals surface area contributed by atoms with E-state index < -0.39 is 0 Å². The van der Waals surface area contributed by atoms with Gasteiger partial charge in [-0.1, -0.05) is 31.5 Å². The molecule has 0 saturated carbocycles. The summed E-state index contributed by atoms with van der Waals surface area (Å²) in [5, 5.41) is 7.29. The first-order valence-electron chi connectivity index (χ1n) is 8.16. The fourth-order valence-corrected chi connectivity index (χ4v) is 3.01. The standard InChI is InChI=1S/C18H23N3O2/c1-3-6-15-10-16(20-19-15)11-21(2)18(22)14-9-13-7-4-5-8-17(13)23-12-14/h4-5,7-8,10,14H,3,6,9,11-12H2,1-2H3,(H,19,20)/t14-/m0/s1. The molecule has 1 aromatic carbocycles. The normalized spacial score (nSPS) is 16.5. The van der Waals surface area contributed by atoms with Crippen LogP contribution in [0.15, 0.2) is 30.3 Å². The highest BCUT2D eigenvalue weighted by atomic mass is 16.5. The minimum absolute atomic E-state index is 0.117. The summed E-state index contributed by atoms with van der Waals surface area (Å²) in [4.78, 5) is 14.4. The largest absolute Gasteiger partial charge is 0.492 e. The number of amides is 1. The molecule has 1 atom stereocenters. The summed E-state index contributed by atoms with van der Waals surface area (Å²) >= 11 is 0. The molecular weight excluding hydrogens is 290 g/mol. The molecule has 23 heavy (non-hydrogen) atoms. The molecule has 0 fully saturated rings. The molecule has 5 nitrogen and oxygen atoms in total. The Bertz CT molecular complexity index is 680. The van der Waals surface area contributed by atoms with Crippen molar-refractivity contribution in [2.45, 2.75) is 32.7 Å². The van der Waals surface area contributed by atoms with Gasteiger partial charge in [0, 0.05) is 7.05 Å². The first-order valence-corrected chi connectivity index (χ1v) is 8.16. The summed E-state index contributed by atoms with van der Waals surface area (Å²) in [6.07, 6.45) is 2.77. The average Bonchev–Trinajstić information content (AvgIpc) is 3.01. The van der Waals surface area contributed by atoms with Crippen LogP contribution >= 0.6 is 0 Å². The van der Waals surface area contributed by atoms with Crippen LogP contribution in [0.25, 0.3) is 0 Å². The second kappa shape index (κ2) is 6.86. The van der Waals surface area contributed by atoms with E-state index in [1.165, 1.54) is 0 Å². The van der Waals surface area contributed by atoms with Crippen molar-refractivity contribution in [1.82, 2.24) is 15.1 Å². The van der Waals surface area contributed by atoms with E-state index in [1.807, 2.05) is 37.4 Å². The Balaban J connectivity index is 1.61. The number of ether oxygens (including phenoxy) is 1. The Morgan fingerprint density at radius 3 is 3.09 bits per heavy atom. The van der Waals surface area contributed by atoms with E-state index in [4.69, 9.17) is 4.74 Å². The fourth-order valence-electron chi connectivity index (χ4n) is 3.01. The molecule has 2 heterocycles. The predicted molar refractivity (Wildman–Crippen MR) is 88.2 cm³/mol. The van der Waals surface area contributed by atoms with Crippen LogP contribution in [0.2, 0.25) is 0 Å². The maximum absolute atomic E-state index is 12.7. The number of nitrogens with zero attached hydrogens (tertiary/aromatic N) is 2. The van der Waals surface area contributed by atoms with Gasteiger partial charge in [0.05, 0.1) is 23.9 Å². The molecule has 0 radical (unpaired) electrons. The lowest BCUT2D eigenvalue weighted by molar-refractivity contribution is -0.136. The molecule has 5 heteroatoms. The number of aryl methyl sites for hydroxylation is 1. The Hall–Kier alpha value is -2.30. The zero-order valence-electron chi connectivity index (χ0n) is 13.7. The Morgan fingerprint density at radius 2 is 2.26 bits per heavy atom. The van der Waals surface area contributed by atoms with E-state index in [2.05, 4.69) is 17.1 Å². The van der Waals surface area contributed by atoms with E-state index in [9.17, 15) is 4.79 Å². The smallest absolute Gasteiger partial charge is 0.229 e. The number of aromatic amines is 1. The summed E-state index contributed by atoms with van der Waals surface area (Å²) in [6.45, 7) is 3.13. The molecule has 0 bridgehead atoms. The van der Waals surface area contributed by atoms with Gasteiger partial charge in [-0.25, -0.2) is 0 Å². The van der Waals surface area contributed by atoms with Gasteiger partial charge < -0.3 is 9.64 Å². The van der Waals surface area contributed by atoms with Gasteiger partial charge in [-0.2, -0.15) is 5.10 Å². The predicted octanol–water partition coefficient (Wildman–Crippen LogP) is 2.57. The minimum atomic E-state index is -0.118. The molecule has 0 unspecified atom stereocenters. The molecule has 1 aliphatic heterocycles. The van der Waals surface area contributed by atoms with Crippen molar-refractivity contribution in [3.05, 3.63) is 47.3 Å². The monoisotopic (exact) mass is 313 g/mol. The van der Waals surface area contributed by atoms with Gasteiger partial charge in [-0.05, 0) is 30.5 Å². The third-order valence-electron chi connectivity index (χ3n) is 4.20. The fraction of sp³-hybridized carbons (Fsp3) is 0.444. The van der Waals surface area contributed by atoms with Crippen molar-refractivity contribution in [3.63, 3.8) is 0 Å². The summed E-state index contributed by atoms with van der Waals surface area (Å²) in [5.74, 6) is 0.899. The molecule has 0 aliphatic carbocycles. The van der Waals surface area contributed by atoms with Crippen LogP contribution in [0.1, 0.15) is 30.3 Å². The number of fused-ring (bicyclic) bond motifs is 1. The lowest BCUT2D eigenvalue weighted by Gasteiger charge is -2.28. The number of benzene rings is 1. The topological polar surface area (TPSA) is 58.2 Å². The average molecular weight is 313 g/mol. The van der Waals surface area contributed by atoms with Gasteiger partial charge in [-0.3, -0.25) is 9.89 Å². The van der Waals surface area contributed by atoms with Crippen LogP contribution in [-0.4, -0.2) is 34.7 Å². The molecule has 1 aromatic heterocycles. The van der Waals surface area contributed by atoms with Crippen molar-refractivity contribution in [1.29, 1.82) is 0 Å². The first kappa shape index (κ1) is 15.6. The molecular formula is C18H23N3O2. The maximum Gasteiger partial charge on any atom is 0.229 e. The van der Waals surface area contributed by atoms with E-state index >= 15 is 0 Å². The second-order valence-corrected chi connectivity index (χ2v) is 6.15. The number of carbonyl (C=O) groups excluding carboxylic acids is 1. The van der Waals surface area contributed by atoms with Gasteiger partial charge in [-0.15, -0.1) is 0 Å². The van der Waals surface area contributed by atoms with Gasteiger partial charge in [0.1, 0.15) is 12.4 Å². The third-order valence-corrected chi connectivity index (χ3v) is 4.20. The molecule has 122 valence electrons. The van der Waals surface area contributed by atoms with Crippen LogP contribution in [0.3, 0.4) is 0 Å². The van der Waals surface area contributed by atoms with E-state index in [-0.39, 0.29) is 11.8 Å². The summed E-state index contributed by atoms with van der Waals surface area (Å²) < 4.78 is 5.73. The van der Waals surface area contributed by atoms with Crippen LogP contribution in [-0.2, 0) is 24.2 Å². The molecule has 1 N–H and O–H groups in total. The highest BCUT2D eigenvalue weighted by Gasteiger charge is 2.28. The number of hydrogen-bond acceptors (Lipinski definition) is 3. The first-order chi connectivity index (χ1) is 11.2. The van der Waals surface area contributed by atoms with Gasteiger partial charge in [0.2, 0.25) is 5.91 Å². The van der Waals surface area contributed by atoms with E-state index in [1.54, 1.807) is 4.90 Å². The lowest BCUT2D eigenvalue weighted by Crippen LogP contribution is -2.38. The molecule has 3 rings (SSSR count). The number of para-hydroxylation sites is 1. The number of nitrogens with one attached hydrogen (secondary N) is 1. The van der Waals surface area contributed by atoms with Crippen molar-refractivity contribution in [3.8, 4) is 5.75 Å².